The number of benzene rings is 5. The number of nitrogens with zero attached hydrogens (tertiary/aromatic N) is 1. The maximum atomic E-state index is 3.96. The molecule has 2 aliphatic carbocycles. The molecule has 1 aliphatic heterocycles. The Hall–Kier alpha value is -5.06. The van der Waals surface area contributed by atoms with E-state index >= 15 is 0 Å². The number of anilines is 2. The molecule has 4 heterocycles. The van der Waals surface area contributed by atoms with E-state index in [1.54, 1.807) is 0 Å². The van der Waals surface area contributed by atoms with Gasteiger partial charge in [-0.2, -0.15) is 0 Å². The molecule has 0 spiro atoms. The molecule has 2 atom stereocenters. The summed E-state index contributed by atoms with van der Waals surface area (Å²) < 4.78 is 5.21. The van der Waals surface area contributed by atoms with Crippen LogP contribution in [0.4, 0.5) is 11.5 Å². The lowest BCUT2D eigenvalue weighted by Gasteiger charge is -2.33. The zero-order valence-electron chi connectivity index (χ0n) is 25.0. The number of fused-ring (bicyclic) bond motifs is 14. The molecule has 8 aromatic rings. The Bertz CT molecular complexity index is 2650. The van der Waals surface area contributed by atoms with Crippen LogP contribution >= 0.6 is 11.3 Å². The average molecular weight is 596 g/mol. The molecule has 2 N–H and O–H groups in total. The molecule has 0 bridgehead atoms. The summed E-state index contributed by atoms with van der Waals surface area (Å²) in [5.74, 6) is 1.16. The second-order valence-corrected chi connectivity index (χ2v) is 14.5. The molecule has 0 radical (unpaired) electrons. The first kappa shape index (κ1) is 24.3. The van der Waals surface area contributed by atoms with Crippen LogP contribution in [0.15, 0.2) is 115 Å². The van der Waals surface area contributed by atoms with Crippen LogP contribution in [0.5, 0.6) is 0 Å². The Morgan fingerprint density at radius 2 is 1.38 bits per heavy atom. The SMILES string of the molecule is CC1(C)c2ccccc2-c2cc(-c3cc4c5c(n6c4c(c3)c3ccc4c7ccccc7sc4c36)NC3C=CC=CC3N5)ccc21. The van der Waals surface area contributed by atoms with Crippen LogP contribution in [0.25, 0.3) is 69.6 Å². The van der Waals surface area contributed by atoms with Crippen molar-refractivity contribution in [3.8, 4) is 22.3 Å². The van der Waals surface area contributed by atoms with Crippen molar-refractivity contribution in [1.29, 1.82) is 0 Å². The van der Waals surface area contributed by atoms with Gasteiger partial charge >= 0.3 is 0 Å². The largest absolute Gasteiger partial charge is 0.373 e. The van der Waals surface area contributed by atoms with Crippen molar-refractivity contribution in [2.75, 3.05) is 10.6 Å². The lowest BCUT2D eigenvalue weighted by molar-refractivity contribution is 0.660. The molecular formula is C41H29N3S. The minimum Gasteiger partial charge on any atom is -0.373 e. The third-order valence-electron chi connectivity index (χ3n) is 10.8. The first-order chi connectivity index (χ1) is 22.1. The summed E-state index contributed by atoms with van der Waals surface area (Å²) in [4.78, 5) is 0. The topological polar surface area (TPSA) is 28.5 Å². The quantitative estimate of drug-likeness (QED) is 0.198. The number of rotatable bonds is 1. The molecule has 3 aromatic heterocycles. The maximum Gasteiger partial charge on any atom is 0.136 e. The minimum absolute atomic E-state index is 0.00142. The van der Waals surface area contributed by atoms with Crippen molar-refractivity contribution < 1.29 is 0 Å². The summed E-state index contributed by atoms with van der Waals surface area (Å²) >= 11 is 1.91. The van der Waals surface area contributed by atoms with E-state index in [1.807, 2.05) is 11.3 Å². The molecule has 3 nitrogen and oxygen atoms in total. The fraction of sp³-hybridized carbons (Fsp3) is 0.122. The first-order valence-electron chi connectivity index (χ1n) is 15.9. The van der Waals surface area contributed by atoms with Gasteiger partial charge in [0, 0.05) is 37.0 Å². The molecule has 0 fully saturated rings. The van der Waals surface area contributed by atoms with Crippen LogP contribution in [0, 0.1) is 0 Å². The predicted octanol–water partition coefficient (Wildman–Crippen LogP) is 10.7. The van der Waals surface area contributed by atoms with Crippen molar-refractivity contribution in [1.82, 2.24) is 4.40 Å². The lowest BCUT2D eigenvalue weighted by Crippen LogP contribution is -2.41. The Labute approximate surface area is 264 Å². The van der Waals surface area contributed by atoms with Gasteiger partial charge < -0.3 is 10.6 Å². The Balaban J connectivity index is 1.24. The van der Waals surface area contributed by atoms with Crippen LogP contribution < -0.4 is 10.6 Å². The lowest BCUT2D eigenvalue weighted by atomic mass is 9.82. The van der Waals surface area contributed by atoms with Crippen molar-refractivity contribution in [3.05, 3.63) is 126 Å². The van der Waals surface area contributed by atoms with Gasteiger partial charge in [0.25, 0.3) is 0 Å². The van der Waals surface area contributed by atoms with E-state index in [9.17, 15) is 0 Å². The average Bonchev–Trinajstić information content (AvgIpc) is 3.78. The standard InChI is InChI=1S/C41H29N3S/c1-41(2)31-11-5-3-9-24(31)28-19-22(15-18-32(28)41)23-20-29-26-16-17-27-25-10-4-8-14-35(25)45-39(27)38(26)44-37(29)30(21-23)36-40(44)43-34-13-7-6-12-33(34)42-36/h3-21,33-34,42-43H,1-2H3. The van der Waals surface area contributed by atoms with E-state index in [0.29, 0.717) is 0 Å². The fourth-order valence-electron chi connectivity index (χ4n) is 8.62. The van der Waals surface area contributed by atoms with Crippen LogP contribution in [0.2, 0.25) is 0 Å². The molecule has 45 heavy (non-hydrogen) atoms. The van der Waals surface area contributed by atoms with Crippen LogP contribution in [0.3, 0.4) is 0 Å². The molecule has 3 aliphatic rings. The monoisotopic (exact) mass is 595 g/mol. The molecule has 0 saturated heterocycles. The van der Waals surface area contributed by atoms with Crippen LogP contribution in [0.1, 0.15) is 25.0 Å². The van der Waals surface area contributed by atoms with Gasteiger partial charge in [-0.05, 0) is 57.6 Å². The summed E-state index contributed by atoms with van der Waals surface area (Å²) in [6, 6.07) is 34.9. The van der Waals surface area contributed by atoms with Crippen molar-refractivity contribution in [3.63, 3.8) is 0 Å². The highest BCUT2D eigenvalue weighted by Crippen LogP contribution is 2.52. The van der Waals surface area contributed by atoms with Crippen molar-refractivity contribution in [2.24, 2.45) is 0 Å². The fourth-order valence-corrected chi connectivity index (χ4v) is 9.86. The van der Waals surface area contributed by atoms with Gasteiger partial charge in [0.15, 0.2) is 0 Å². The molecule has 5 aromatic carbocycles. The van der Waals surface area contributed by atoms with Gasteiger partial charge in [-0.3, -0.25) is 4.40 Å². The molecule has 4 heteroatoms. The second-order valence-electron chi connectivity index (χ2n) is 13.5. The first-order valence-corrected chi connectivity index (χ1v) is 16.7. The highest BCUT2D eigenvalue weighted by atomic mass is 32.1. The Kier molecular flexibility index (Phi) is 4.40. The van der Waals surface area contributed by atoms with Gasteiger partial charge in [-0.1, -0.05) is 105 Å². The highest BCUT2D eigenvalue weighted by Gasteiger charge is 2.36. The van der Waals surface area contributed by atoms with Gasteiger partial charge in [0.1, 0.15) is 5.82 Å². The summed E-state index contributed by atoms with van der Waals surface area (Å²) in [7, 11) is 0. The van der Waals surface area contributed by atoms with E-state index in [1.165, 1.54) is 86.4 Å². The van der Waals surface area contributed by atoms with E-state index in [0.717, 1.165) is 5.82 Å². The van der Waals surface area contributed by atoms with Gasteiger partial charge in [-0.25, -0.2) is 0 Å². The van der Waals surface area contributed by atoms with E-state index in [-0.39, 0.29) is 17.5 Å². The highest BCUT2D eigenvalue weighted by molar-refractivity contribution is 7.26. The third kappa shape index (κ3) is 2.96. The number of hydrogen-bond donors (Lipinski definition) is 2. The van der Waals surface area contributed by atoms with Gasteiger partial charge in [0.05, 0.1) is 33.5 Å². The zero-order valence-corrected chi connectivity index (χ0v) is 25.8. The summed E-state index contributed by atoms with van der Waals surface area (Å²) in [6.45, 7) is 4.71. The van der Waals surface area contributed by atoms with Crippen molar-refractivity contribution in [2.45, 2.75) is 31.3 Å². The predicted molar refractivity (Wildman–Crippen MR) is 193 cm³/mol. The van der Waals surface area contributed by atoms with Crippen LogP contribution in [-0.4, -0.2) is 16.5 Å². The molecule has 214 valence electrons. The molecular weight excluding hydrogens is 567 g/mol. The van der Waals surface area contributed by atoms with Gasteiger partial charge in [-0.15, -0.1) is 11.3 Å². The number of allylic oxidation sites excluding steroid dienone is 2. The minimum atomic E-state index is 0.00142. The van der Waals surface area contributed by atoms with E-state index < -0.39 is 0 Å². The zero-order chi connectivity index (χ0) is 29.6. The molecule has 0 saturated carbocycles. The van der Waals surface area contributed by atoms with Gasteiger partial charge in [0.2, 0.25) is 0 Å². The Morgan fingerprint density at radius 3 is 2.29 bits per heavy atom. The number of aromatic nitrogens is 1. The van der Waals surface area contributed by atoms with E-state index in [4.69, 9.17) is 0 Å². The van der Waals surface area contributed by atoms with Crippen LogP contribution in [-0.2, 0) is 5.41 Å². The van der Waals surface area contributed by atoms with E-state index in [2.05, 4.69) is 144 Å². The summed E-state index contributed by atoms with van der Waals surface area (Å²) in [5, 5.41) is 14.5. The summed E-state index contributed by atoms with van der Waals surface area (Å²) in [6.07, 6.45) is 8.86. The van der Waals surface area contributed by atoms with Crippen molar-refractivity contribution >= 4 is 70.2 Å². The number of hydrogen-bond acceptors (Lipinski definition) is 3. The molecule has 11 rings (SSSR count). The number of thiophene rings is 1. The smallest absolute Gasteiger partial charge is 0.136 e. The molecule has 2 unspecified atom stereocenters. The number of nitrogens with one attached hydrogen (secondary N) is 2. The maximum absolute atomic E-state index is 3.96. The molecule has 0 amide bonds. The third-order valence-corrected chi connectivity index (χ3v) is 12.0. The second kappa shape index (κ2) is 8.15. The normalized spacial score (nSPS) is 19.2. The summed E-state index contributed by atoms with van der Waals surface area (Å²) in [5.41, 5.74) is 11.9. The Morgan fingerprint density at radius 1 is 0.622 bits per heavy atom.